The Kier molecular flexibility index (Phi) is 3.85. The molecule has 0 aliphatic heterocycles. The molecule has 7 nitrogen and oxygen atoms in total. The summed E-state index contributed by atoms with van der Waals surface area (Å²) in [6, 6.07) is 5.47. The Morgan fingerprint density at radius 3 is 2.74 bits per heavy atom. The molecule has 0 saturated carbocycles. The summed E-state index contributed by atoms with van der Waals surface area (Å²) < 4.78 is 1.85. The number of amides is 1. The second-order valence-corrected chi connectivity index (χ2v) is 5.89. The standard InChI is InChI=1S/C16H20N6O/c1-9(7-13-10(2)20-22(4)11(13)3)16(23)17-12-5-6-14-15(8-12)19-21-18-14/h5-6,8-9H,7H2,1-4H3,(H,17,23)(H,18,19,21)/t9-/m0/s1. The summed E-state index contributed by atoms with van der Waals surface area (Å²) in [4.78, 5) is 12.4. The zero-order chi connectivity index (χ0) is 16.6. The summed E-state index contributed by atoms with van der Waals surface area (Å²) in [6.07, 6.45) is 0.670. The number of benzene rings is 1. The fourth-order valence-electron chi connectivity index (χ4n) is 2.70. The van der Waals surface area contributed by atoms with Crippen molar-refractivity contribution in [2.24, 2.45) is 13.0 Å². The molecule has 0 saturated heterocycles. The minimum absolute atomic E-state index is 0.0181. The highest BCUT2D eigenvalue weighted by molar-refractivity contribution is 5.94. The first-order chi connectivity index (χ1) is 11.0. The van der Waals surface area contributed by atoms with E-state index in [-0.39, 0.29) is 11.8 Å². The lowest BCUT2D eigenvalue weighted by molar-refractivity contribution is -0.119. The summed E-state index contributed by atoms with van der Waals surface area (Å²) >= 11 is 0. The number of hydrogen-bond acceptors (Lipinski definition) is 4. The summed E-state index contributed by atoms with van der Waals surface area (Å²) in [5, 5.41) is 17.9. The van der Waals surface area contributed by atoms with Gasteiger partial charge in [-0.1, -0.05) is 6.92 Å². The molecule has 0 bridgehead atoms. The molecule has 0 aliphatic rings. The lowest BCUT2D eigenvalue weighted by atomic mass is 9.99. The zero-order valence-electron chi connectivity index (χ0n) is 13.7. The van der Waals surface area contributed by atoms with Crippen molar-refractivity contribution in [2.75, 3.05) is 5.32 Å². The van der Waals surface area contributed by atoms with E-state index in [0.717, 1.165) is 33.7 Å². The van der Waals surface area contributed by atoms with Crippen LogP contribution in [-0.2, 0) is 18.3 Å². The van der Waals surface area contributed by atoms with Crippen LogP contribution in [0.4, 0.5) is 5.69 Å². The lowest BCUT2D eigenvalue weighted by Crippen LogP contribution is -2.22. The lowest BCUT2D eigenvalue weighted by Gasteiger charge is -2.12. The van der Waals surface area contributed by atoms with E-state index in [4.69, 9.17) is 0 Å². The van der Waals surface area contributed by atoms with Crippen molar-refractivity contribution in [3.05, 3.63) is 35.2 Å². The van der Waals surface area contributed by atoms with Gasteiger partial charge in [-0.2, -0.15) is 20.5 Å². The molecule has 3 aromatic rings. The Hall–Kier alpha value is -2.70. The van der Waals surface area contributed by atoms with Gasteiger partial charge in [-0.3, -0.25) is 9.48 Å². The monoisotopic (exact) mass is 312 g/mol. The maximum absolute atomic E-state index is 12.4. The summed E-state index contributed by atoms with van der Waals surface area (Å²) in [5.41, 5.74) is 5.46. The Balaban J connectivity index is 1.71. The summed E-state index contributed by atoms with van der Waals surface area (Å²) in [7, 11) is 1.92. The van der Waals surface area contributed by atoms with Crippen LogP contribution in [0.1, 0.15) is 23.9 Å². The van der Waals surface area contributed by atoms with Crippen LogP contribution >= 0.6 is 0 Å². The molecule has 1 amide bonds. The van der Waals surface area contributed by atoms with E-state index in [1.807, 2.05) is 50.7 Å². The quantitative estimate of drug-likeness (QED) is 0.772. The topological polar surface area (TPSA) is 88.5 Å². The third kappa shape index (κ3) is 2.94. The van der Waals surface area contributed by atoms with E-state index in [0.29, 0.717) is 6.42 Å². The van der Waals surface area contributed by atoms with Gasteiger partial charge in [0.1, 0.15) is 11.0 Å². The average molecular weight is 312 g/mol. The van der Waals surface area contributed by atoms with Gasteiger partial charge in [0.2, 0.25) is 5.91 Å². The number of anilines is 1. The number of H-pyrrole nitrogens is 1. The Morgan fingerprint density at radius 2 is 2.04 bits per heavy atom. The maximum Gasteiger partial charge on any atom is 0.227 e. The van der Waals surface area contributed by atoms with Gasteiger partial charge in [0, 0.05) is 24.3 Å². The van der Waals surface area contributed by atoms with Crippen molar-refractivity contribution in [3.63, 3.8) is 0 Å². The van der Waals surface area contributed by atoms with Crippen molar-refractivity contribution >= 4 is 22.6 Å². The van der Waals surface area contributed by atoms with Crippen molar-refractivity contribution < 1.29 is 4.79 Å². The van der Waals surface area contributed by atoms with Gasteiger partial charge in [-0.25, -0.2) is 0 Å². The average Bonchev–Trinajstić information content (AvgIpc) is 3.07. The molecule has 0 unspecified atom stereocenters. The fourth-order valence-corrected chi connectivity index (χ4v) is 2.70. The molecule has 120 valence electrons. The van der Waals surface area contributed by atoms with E-state index < -0.39 is 0 Å². The van der Waals surface area contributed by atoms with Crippen LogP contribution in [0.15, 0.2) is 18.2 Å². The van der Waals surface area contributed by atoms with E-state index in [1.165, 1.54) is 0 Å². The van der Waals surface area contributed by atoms with Gasteiger partial charge in [0.25, 0.3) is 0 Å². The number of aromatic amines is 1. The fraction of sp³-hybridized carbons (Fsp3) is 0.375. The first-order valence-electron chi connectivity index (χ1n) is 7.56. The van der Waals surface area contributed by atoms with Gasteiger partial charge in [0.05, 0.1) is 5.69 Å². The Morgan fingerprint density at radius 1 is 1.30 bits per heavy atom. The molecule has 0 aliphatic carbocycles. The molecule has 7 heteroatoms. The first kappa shape index (κ1) is 15.2. The number of rotatable bonds is 4. The number of nitrogens with zero attached hydrogens (tertiary/aromatic N) is 4. The van der Waals surface area contributed by atoms with Crippen LogP contribution in [0.25, 0.3) is 11.0 Å². The predicted molar refractivity (Wildman–Crippen MR) is 88.1 cm³/mol. The second-order valence-electron chi connectivity index (χ2n) is 5.89. The molecule has 1 atom stereocenters. The SMILES string of the molecule is Cc1nn(C)c(C)c1C[C@H](C)C(=O)Nc1ccc2n[nH]nc2c1. The molecule has 0 radical (unpaired) electrons. The van der Waals surface area contributed by atoms with Crippen LogP contribution in [-0.4, -0.2) is 31.1 Å². The molecule has 2 aromatic heterocycles. The van der Waals surface area contributed by atoms with Gasteiger partial charge >= 0.3 is 0 Å². The largest absolute Gasteiger partial charge is 0.326 e. The van der Waals surface area contributed by atoms with Crippen LogP contribution in [0.3, 0.4) is 0 Å². The first-order valence-corrected chi connectivity index (χ1v) is 7.56. The van der Waals surface area contributed by atoms with Gasteiger partial charge < -0.3 is 5.32 Å². The molecular weight excluding hydrogens is 292 g/mol. The number of carbonyl (C=O) groups is 1. The summed E-state index contributed by atoms with van der Waals surface area (Å²) in [5.74, 6) is -0.167. The van der Waals surface area contributed by atoms with Crippen molar-refractivity contribution in [1.82, 2.24) is 25.2 Å². The van der Waals surface area contributed by atoms with E-state index in [1.54, 1.807) is 0 Å². The van der Waals surface area contributed by atoms with Gasteiger partial charge in [0.15, 0.2) is 0 Å². The molecular formula is C16H20N6O. The summed E-state index contributed by atoms with van der Waals surface area (Å²) in [6.45, 7) is 5.93. The minimum Gasteiger partial charge on any atom is -0.326 e. The highest BCUT2D eigenvalue weighted by atomic mass is 16.1. The Bertz CT molecular complexity index is 863. The molecule has 2 heterocycles. The van der Waals surface area contributed by atoms with Crippen LogP contribution < -0.4 is 5.32 Å². The maximum atomic E-state index is 12.4. The van der Waals surface area contributed by atoms with E-state index in [9.17, 15) is 4.79 Å². The molecule has 3 rings (SSSR count). The van der Waals surface area contributed by atoms with Crippen LogP contribution in [0.2, 0.25) is 0 Å². The molecule has 23 heavy (non-hydrogen) atoms. The molecule has 2 N–H and O–H groups in total. The normalized spacial score (nSPS) is 12.5. The highest BCUT2D eigenvalue weighted by Gasteiger charge is 2.18. The predicted octanol–water partition coefficient (Wildman–Crippen LogP) is 2.13. The third-order valence-electron chi connectivity index (χ3n) is 4.20. The van der Waals surface area contributed by atoms with Crippen molar-refractivity contribution in [1.29, 1.82) is 0 Å². The molecule has 0 spiro atoms. The zero-order valence-corrected chi connectivity index (χ0v) is 13.7. The molecule has 0 fully saturated rings. The smallest absolute Gasteiger partial charge is 0.227 e. The number of aromatic nitrogens is 5. The molecule has 1 aromatic carbocycles. The number of carbonyl (C=O) groups excluding carboxylic acids is 1. The van der Waals surface area contributed by atoms with Crippen LogP contribution in [0.5, 0.6) is 0 Å². The van der Waals surface area contributed by atoms with Crippen molar-refractivity contribution in [2.45, 2.75) is 27.2 Å². The minimum atomic E-state index is -0.149. The number of fused-ring (bicyclic) bond motifs is 1. The number of hydrogen-bond donors (Lipinski definition) is 2. The third-order valence-corrected chi connectivity index (χ3v) is 4.20. The van der Waals surface area contributed by atoms with Gasteiger partial charge in [-0.15, -0.1) is 0 Å². The van der Waals surface area contributed by atoms with E-state index >= 15 is 0 Å². The van der Waals surface area contributed by atoms with Crippen molar-refractivity contribution in [3.8, 4) is 0 Å². The second kappa shape index (κ2) is 5.83. The van der Waals surface area contributed by atoms with Crippen LogP contribution in [0, 0.1) is 19.8 Å². The van der Waals surface area contributed by atoms with Gasteiger partial charge in [-0.05, 0) is 44.0 Å². The highest BCUT2D eigenvalue weighted by Crippen LogP contribution is 2.19. The van der Waals surface area contributed by atoms with E-state index in [2.05, 4.69) is 25.8 Å². The Labute approximate surface area is 134 Å². The number of aryl methyl sites for hydroxylation is 2. The number of nitrogens with one attached hydrogen (secondary N) is 2.